The maximum atomic E-state index is 4.90. The molecule has 0 radical (unpaired) electrons. The molecule has 66 valence electrons. The lowest BCUT2D eigenvalue weighted by atomic mass is 9.95. The van der Waals surface area contributed by atoms with Crippen LogP contribution in [0.15, 0.2) is 0 Å². The van der Waals surface area contributed by atoms with Crippen LogP contribution in [0.25, 0.3) is 0 Å². The normalized spacial score (nSPS) is 37.9. The third kappa shape index (κ3) is 2.38. The topological polar surface area (TPSA) is 9.23 Å². The molecule has 0 spiro atoms. The van der Waals surface area contributed by atoms with E-state index in [9.17, 15) is 0 Å². The SMILES string of the molecule is CC[C@@H]1C[C@H](C)CC1COS. The van der Waals surface area contributed by atoms with Gasteiger partial charge in [-0.2, -0.15) is 0 Å². The minimum absolute atomic E-state index is 0.771. The summed E-state index contributed by atoms with van der Waals surface area (Å²) in [6.45, 7) is 5.45. The highest BCUT2D eigenvalue weighted by Crippen LogP contribution is 2.38. The highest BCUT2D eigenvalue weighted by atomic mass is 32.1. The molecule has 0 aromatic carbocycles. The minimum Gasteiger partial charge on any atom is -0.318 e. The summed E-state index contributed by atoms with van der Waals surface area (Å²) in [5.74, 6) is 2.55. The molecule has 2 heteroatoms. The van der Waals surface area contributed by atoms with Gasteiger partial charge >= 0.3 is 0 Å². The second kappa shape index (κ2) is 4.36. The van der Waals surface area contributed by atoms with Gasteiger partial charge in [0.2, 0.25) is 0 Å². The first kappa shape index (κ1) is 9.40. The molecule has 1 unspecified atom stereocenters. The number of hydrogen-bond donors (Lipinski definition) is 1. The Bertz CT molecular complexity index is 116. The third-order valence-electron chi connectivity index (χ3n) is 2.89. The molecule has 1 aliphatic carbocycles. The average molecular weight is 174 g/mol. The maximum absolute atomic E-state index is 4.90. The Hall–Kier alpha value is 0.310. The standard InChI is InChI=1S/C9H18OS/c1-3-8-4-7(2)5-9(8)6-10-11/h7-9,11H,3-6H2,1-2H3/t7-,8+,9?/m0/s1. The maximum Gasteiger partial charge on any atom is 0.0641 e. The summed E-state index contributed by atoms with van der Waals surface area (Å²) < 4.78 is 4.90. The smallest absolute Gasteiger partial charge is 0.0641 e. The summed E-state index contributed by atoms with van der Waals surface area (Å²) in [5, 5.41) is 0. The third-order valence-corrected chi connectivity index (χ3v) is 3.04. The largest absolute Gasteiger partial charge is 0.318 e. The van der Waals surface area contributed by atoms with Crippen LogP contribution in [0.1, 0.15) is 33.1 Å². The van der Waals surface area contributed by atoms with E-state index in [0.29, 0.717) is 0 Å². The van der Waals surface area contributed by atoms with Gasteiger partial charge in [-0.15, -0.1) is 0 Å². The van der Waals surface area contributed by atoms with Gasteiger partial charge in [-0.25, -0.2) is 0 Å². The molecule has 0 aliphatic heterocycles. The van der Waals surface area contributed by atoms with Crippen molar-refractivity contribution in [3.63, 3.8) is 0 Å². The van der Waals surface area contributed by atoms with E-state index < -0.39 is 0 Å². The first-order chi connectivity index (χ1) is 5.27. The highest BCUT2D eigenvalue weighted by Gasteiger charge is 2.30. The Balaban J connectivity index is 2.37. The second-order valence-electron chi connectivity index (χ2n) is 3.80. The first-order valence-electron chi connectivity index (χ1n) is 4.54. The van der Waals surface area contributed by atoms with E-state index in [4.69, 9.17) is 4.18 Å². The van der Waals surface area contributed by atoms with Crippen LogP contribution in [0.5, 0.6) is 0 Å². The Morgan fingerprint density at radius 3 is 2.55 bits per heavy atom. The Labute approximate surface area is 75.1 Å². The fraction of sp³-hybridized carbons (Fsp3) is 1.00. The summed E-state index contributed by atoms with van der Waals surface area (Å²) in [6.07, 6.45) is 4.02. The van der Waals surface area contributed by atoms with Crippen LogP contribution in [0.4, 0.5) is 0 Å². The highest BCUT2D eigenvalue weighted by molar-refractivity contribution is 7.75. The predicted octanol–water partition coefficient (Wildman–Crippen LogP) is 2.92. The van der Waals surface area contributed by atoms with E-state index in [1.54, 1.807) is 0 Å². The Morgan fingerprint density at radius 1 is 1.36 bits per heavy atom. The molecular weight excluding hydrogens is 156 g/mol. The van der Waals surface area contributed by atoms with E-state index in [2.05, 4.69) is 26.8 Å². The summed E-state index contributed by atoms with van der Waals surface area (Å²) in [7, 11) is 0. The zero-order chi connectivity index (χ0) is 8.27. The zero-order valence-corrected chi connectivity index (χ0v) is 8.31. The van der Waals surface area contributed by atoms with E-state index >= 15 is 0 Å². The molecular formula is C9H18OS. The van der Waals surface area contributed by atoms with Gasteiger partial charge in [0.05, 0.1) is 6.61 Å². The molecule has 11 heavy (non-hydrogen) atoms. The van der Waals surface area contributed by atoms with Crippen molar-refractivity contribution < 1.29 is 4.18 Å². The van der Waals surface area contributed by atoms with Crippen LogP contribution in [0.3, 0.4) is 0 Å². The van der Waals surface area contributed by atoms with Gasteiger partial charge in [0.25, 0.3) is 0 Å². The molecule has 1 saturated carbocycles. The van der Waals surface area contributed by atoms with E-state index in [1.807, 2.05) is 0 Å². The van der Waals surface area contributed by atoms with Crippen molar-refractivity contribution in [1.82, 2.24) is 0 Å². The minimum atomic E-state index is 0.771. The van der Waals surface area contributed by atoms with Gasteiger partial charge in [0.15, 0.2) is 0 Å². The fourth-order valence-corrected chi connectivity index (χ4v) is 2.51. The Morgan fingerprint density at radius 2 is 2.00 bits per heavy atom. The van der Waals surface area contributed by atoms with Crippen LogP contribution >= 0.6 is 12.9 Å². The van der Waals surface area contributed by atoms with Crippen molar-refractivity contribution in [3.05, 3.63) is 0 Å². The molecule has 0 bridgehead atoms. The van der Waals surface area contributed by atoms with Gasteiger partial charge in [-0.1, -0.05) is 20.3 Å². The lowest BCUT2D eigenvalue weighted by molar-refractivity contribution is 0.242. The van der Waals surface area contributed by atoms with Crippen molar-refractivity contribution in [3.8, 4) is 0 Å². The first-order valence-corrected chi connectivity index (χ1v) is 4.90. The molecule has 0 amide bonds. The van der Waals surface area contributed by atoms with Crippen LogP contribution in [0.2, 0.25) is 0 Å². The molecule has 0 aromatic rings. The van der Waals surface area contributed by atoms with Crippen LogP contribution in [-0.2, 0) is 4.18 Å². The van der Waals surface area contributed by atoms with E-state index in [-0.39, 0.29) is 0 Å². The van der Waals surface area contributed by atoms with Crippen molar-refractivity contribution in [2.75, 3.05) is 6.61 Å². The average Bonchev–Trinajstić information content (AvgIpc) is 2.32. The molecule has 0 saturated heterocycles. The summed E-state index contributed by atoms with van der Waals surface area (Å²) in [4.78, 5) is 0. The van der Waals surface area contributed by atoms with E-state index in [0.717, 1.165) is 24.4 Å². The van der Waals surface area contributed by atoms with Crippen LogP contribution in [-0.4, -0.2) is 6.61 Å². The van der Waals surface area contributed by atoms with Crippen molar-refractivity contribution in [2.45, 2.75) is 33.1 Å². The molecule has 0 heterocycles. The second-order valence-corrected chi connectivity index (χ2v) is 4.06. The summed E-state index contributed by atoms with van der Waals surface area (Å²) in [5.41, 5.74) is 0. The zero-order valence-electron chi connectivity index (χ0n) is 7.42. The lowest BCUT2D eigenvalue weighted by Gasteiger charge is -2.15. The molecule has 0 N–H and O–H groups in total. The van der Waals surface area contributed by atoms with Crippen LogP contribution < -0.4 is 0 Å². The fourth-order valence-electron chi connectivity index (χ4n) is 2.31. The van der Waals surface area contributed by atoms with Crippen LogP contribution in [0, 0.1) is 17.8 Å². The summed E-state index contributed by atoms with van der Waals surface area (Å²) >= 11 is 3.80. The molecule has 1 rings (SSSR count). The van der Waals surface area contributed by atoms with Crippen molar-refractivity contribution in [1.29, 1.82) is 0 Å². The summed E-state index contributed by atoms with van der Waals surface area (Å²) in [6, 6.07) is 0. The van der Waals surface area contributed by atoms with Gasteiger partial charge < -0.3 is 4.18 Å². The van der Waals surface area contributed by atoms with Gasteiger partial charge in [0, 0.05) is 0 Å². The molecule has 1 nitrogen and oxygen atoms in total. The molecule has 3 atom stereocenters. The number of hydrogen-bond acceptors (Lipinski definition) is 2. The molecule has 1 aliphatic rings. The van der Waals surface area contributed by atoms with Crippen molar-refractivity contribution in [2.24, 2.45) is 17.8 Å². The lowest BCUT2D eigenvalue weighted by Crippen LogP contribution is -2.11. The number of rotatable bonds is 3. The van der Waals surface area contributed by atoms with Crippen molar-refractivity contribution >= 4 is 12.9 Å². The Kier molecular flexibility index (Phi) is 3.73. The molecule has 1 fully saturated rings. The number of thiol groups is 1. The van der Waals surface area contributed by atoms with Gasteiger partial charge in [-0.3, -0.25) is 0 Å². The van der Waals surface area contributed by atoms with Gasteiger partial charge in [-0.05, 0) is 43.5 Å². The van der Waals surface area contributed by atoms with E-state index in [1.165, 1.54) is 19.3 Å². The monoisotopic (exact) mass is 174 g/mol. The van der Waals surface area contributed by atoms with Gasteiger partial charge in [0.1, 0.15) is 0 Å². The predicted molar refractivity (Wildman–Crippen MR) is 50.6 cm³/mol. The quantitative estimate of drug-likeness (QED) is 0.511. The molecule has 0 aromatic heterocycles.